The van der Waals surface area contributed by atoms with E-state index >= 15 is 0 Å². The first-order chi connectivity index (χ1) is 8.71. The Kier molecular flexibility index (Phi) is 3.33. The number of alkyl halides is 3. The Morgan fingerprint density at radius 2 is 1.95 bits per heavy atom. The van der Waals surface area contributed by atoms with Crippen LogP contribution in [0.2, 0.25) is 0 Å². The van der Waals surface area contributed by atoms with Crippen LogP contribution in [0.4, 0.5) is 17.6 Å². The van der Waals surface area contributed by atoms with Gasteiger partial charge >= 0.3 is 15.6 Å². The molecule has 2 rings (SSSR count). The molecular formula is C10H8F4O4S. The van der Waals surface area contributed by atoms with Crippen LogP contribution in [0, 0.1) is 5.82 Å². The number of hydrogen-bond donors (Lipinski definition) is 0. The Bertz CT molecular complexity index is 594. The van der Waals surface area contributed by atoms with Crippen molar-refractivity contribution >= 4 is 10.1 Å². The fourth-order valence-electron chi connectivity index (χ4n) is 1.64. The minimum Gasteiger partial charge on any atom is -0.489 e. The average Bonchev–Trinajstić information content (AvgIpc) is 2.26. The first-order valence-corrected chi connectivity index (χ1v) is 6.57. The number of benzene rings is 1. The zero-order valence-corrected chi connectivity index (χ0v) is 10.1. The predicted molar refractivity (Wildman–Crippen MR) is 55.8 cm³/mol. The first-order valence-electron chi connectivity index (χ1n) is 5.17. The molecule has 19 heavy (non-hydrogen) atoms. The van der Waals surface area contributed by atoms with Gasteiger partial charge in [0.1, 0.15) is 5.82 Å². The summed E-state index contributed by atoms with van der Waals surface area (Å²) in [6, 6.07) is 1.62. The molecule has 0 amide bonds. The van der Waals surface area contributed by atoms with Crippen LogP contribution in [0.25, 0.3) is 0 Å². The van der Waals surface area contributed by atoms with Crippen LogP contribution in [-0.2, 0) is 16.5 Å². The molecule has 9 heteroatoms. The normalized spacial score (nSPS) is 15.6. The lowest BCUT2D eigenvalue weighted by atomic mass is 10.1. The Morgan fingerprint density at radius 3 is 2.58 bits per heavy atom. The van der Waals surface area contributed by atoms with Gasteiger partial charge in [-0.25, -0.2) is 4.39 Å². The van der Waals surface area contributed by atoms with E-state index < -0.39 is 27.2 Å². The SMILES string of the molecule is O=S(=O)(Oc1cc(F)cc2c1OCCC2)C(F)(F)F. The molecule has 0 atom stereocenters. The maximum Gasteiger partial charge on any atom is 0.534 e. The number of hydrogen-bond acceptors (Lipinski definition) is 4. The molecule has 0 unspecified atom stereocenters. The summed E-state index contributed by atoms with van der Waals surface area (Å²) >= 11 is 0. The molecule has 106 valence electrons. The molecule has 1 heterocycles. The Balaban J connectivity index is 2.44. The van der Waals surface area contributed by atoms with Gasteiger partial charge in [0.2, 0.25) is 0 Å². The molecule has 0 N–H and O–H groups in total. The van der Waals surface area contributed by atoms with E-state index in [1.54, 1.807) is 0 Å². The summed E-state index contributed by atoms with van der Waals surface area (Å²) in [5.74, 6) is -1.84. The lowest BCUT2D eigenvalue weighted by Crippen LogP contribution is -2.28. The number of fused-ring (bicyclic) bond motifs is 1. The van der Waals surface area contributed by atoms with E-state index in [0.29, 0.717) is 18.9 Å². The molecule has 0 aliphatic carbocycles. The van der Waals surface area contributed by atoms with Crippen LogP contribution >= 0.6 is 0 Å². The van der Waals surface area contributed by atoms with Gasteiger partial charge in [0.05, 0.1) is 6.61 Å². The van der Waals surface area contributed by atoms with Crippen molar-refractivity contribution in [2.45, 2.75) is 18.3 Å². The van der Waals surface area contributed by atoms with Gasteiger partial charge in [-0.3, -0.25) is 0 Å². The highest BCUT2D eigenvalue weighted by Crippen LogP contribution is 2.38. The summed E-state index contributed by atoms with van der Waals surface area (Å²) in [6.07, 6.45) is 0.928. The molecule has 1 aliphatic heterocycles. The summed E-state index contributed by atoms with van der Waals surface area (Å²) in [6.45, 7) is 0.195. The first kappa shape index (κ1) is 13.9. The molecule has 1 aromatic carbocycles. The van der Waals surface area contributed by atoms with Gasteiger partial charge in [0, 0.05) is 11.6 Å². The minimum absolute atomic E-state index is 0.166. The fourth-order valence-corrected chi connectivity index (χ4v) is 2.09. The van der Waals surface area contributed by atoms with E-state index in [2.05, 4.69) is 4.18 Å². The summed E-state index contributed by atoms with van der Waals surface area (Å²) in [5, 5.41) is 0. The third kappa shape index (κ3) is 2.75. The van der Waals surface area contributed by atoms with Gasteiger partial charge in [-0.1, -0.05) is 0 Å². The topological polar surface area (TPSA) is 52.6 Å². The molecule has 0 saturated carbocycles. The second-order valence-corrected chi connectivity index (χ2v) is 5.37. The van der Waals surface area contributed by atoms with Gasteiger partial charge in [-0.05, 0) is 18.9 Å². The smallest absolute Gasteiger partial charge is 0.489 e. The molecule has 1 aliphatic rings. The third-order valence-electron chi connectivity index (χ3n) is 2.42. The second-order valence-electron chi connectivity index (χ2n) is 3.83. The van der Waals surface area contributed by atoms with Crippen molar-refractivity contribution in [3.63, 3.8) is 0 Å². The van der Waals surface area contributed by atoms with Gasteiger partial charge in [0.15, 0.2) is 11.5 Å². The van der Waals surface area contributed by atoms with Crippen LogP contribution in [-0.4, -0.2) is 20.5 Å². The van der Waals surface area contributed by atoms with Crippen molar-refractivity contribution in [2.75, 3.05) is 6.61 Å². The van der Waals surface area contributed by atoms with Crippen LogP contribution in [0.1, 0.15) is 12.0 Å². The van der Waals surface area contributed by atoms with Crippen LogP contribution in [0.3, 0.4) is 0 Å². The van der Waals surface area contributed by atoms with E-state index in [9.17, 15) is 26.0 Å². The summed E-state index contributed by atoms with van der Waals surface area (Å²) in [5.41, 5.74) is -5.31. The summed E-state index contributed by atoms with van der Waals surface area (Å²) < 4.78 is 80.6. The van der Waals surface area contributed by atoms with E-state index in [-0.39, 0.29) is 17.9 Å². The van der Waals surface area contributed by atoms with Gasteiger partial charge < -0.3 is 8.92 Å². The highest BCUT2D eigenvalue weighted by molar-refractivity contribution is 7.88. The Labute approximate surface area is 106 Å². The lowest BCUT2D eigenvalue weighted by Gasteiger charge is -2.20. The molecule has 4 nitrogen and oxygen atoms in total. The summed E-state index contributed by atoms with van der Waals surface area (Å²) in [4.78, 5) is 0. The monoisotopic (exact) mass is 300 g/mol. The van der Waals surface area contributed by atoms with Crippen molar-refractivity contribution in [1.29, 1.82) is 0 Å². The second kappa shape index (κ2) is 4.55. The zero-order chi connectivity index (χ0) is 14.3. The molecule has 0 spiro atoms. The zero-order valence-electron chi connectivity index (χ0n) is 9.33. The van der Waals surface area contributed by atoms with E-state index in [1.165, 1.54) is 0 Å². The van der Waals surface area contributed by atoms with Crippen LogP contribution < -0.4 is 8.92 Å². The van der Waals surface area contributed by atoms with Crippen LogP contribution in [0.5, 0.6) is 11.5 Å². The largest absolute Gasteiger partial charge is 0.534 e. The number of rotatable bonds is 2. The van der Waals surface area contributed by atoms with Crippen LogP contribution in [0.15, 0.2) is 12.1 Å². The minimum atomic E-state index is -5.85. The highest BCUT2D eigenvalue weighted by atomic mass is 32.2. The molecule has 0 aromatic heterocycles. The van der Waals surface area contributed by atoms with Crippen molar-refractivity contribution in [3.8, 4) is 11.5 Å². The number of halogens is 4. The molecule has 0 bridgehead atoms. The fraction of sp³-hybridized carbons (Fsp3) is 0.400. The van der Waals surface area contributed by atoms with Gasteiger partial charge in [-0.15, -0.1) is 0 Å². The molecular weight excluding hydrogens is 292 g/mol. The summed E-state index contributed by atoms with van der Waals surface area (Å²) in [7, 11) is -5.85. The molecule has 0 radical (unpaired) electrons. The predicted octanol–water partition coefficient (Wildman–Crippen LogP) is 2.38. The molecule has 0 saturated heterocycles. The maximum absolute atomic E-state index is 13.2. The maximum atomic E-state index is 13.2. The van der Waals surface area contributed by atoms with E-state index in [0.717, 1.165) is 6.07 Å². The van der Waals surface area contributed by atoms with Gasteiger partial charge in [-0.2, -0.15) is 21.6 Å². The Hall–Kier alpha value is -1.51. The van der Waals surface area contributed by atoms with Crippen molar-refractivity contribution in [3.05, 3.63) is 23.5 Å². The van der Waals surface area contributed by atoms with Crippen molar-refractivity contribution in [2.24, 2.45) is 0 Å². The average molecular weight is 300 g/mol. The third-order valence-corrected chi connectivity index (χ3v) is 3.38. The highest BCUT2D eigenvalue weighted by Gasteiger charge is 2.49. The standard InChI is InChI=1S/C10H8F4O4S/c11-7-4-6-2-1-3-17-9(6)8(5-7)18-19(15,16)10(12,13)14/h4-5H,1-3H2. The van der Waals surface area contributed by atoms with Gasteiger partial charge in [0.25, 0.3) is 0 Å². The van der Waals surface area contributed by atoms with Crippen molar-refractivity contribution < 1.29 is 34.9 Å². The lowest BCUT2D eigenvalue weighted by molar-refractivity contribution is -0.0500. The molecule has 1 aromatic rings. The Morgan fingerprint density at radius 1 is 1.26 bits per heavy atom. The quantitative estimate of drug-likeness (QED) is 0.478. The van der Waals surface area contributed by atoms with Crippen molar-refractivity contribution in [1.82, 2.24) is 0 Å². The van der Waals surface area contributed by atoms with E-state index in [1.807, 2.05) is 0 Å². The number of ether oxygens (including phenoxy) is 1. The number of aryl methyl sites for hydroxylation is 1. The molecule has 0 fully saturated rings. The van der Waals surface area contributed by atoms with E-state index in [4.69, 9.17) is 4.74 Å².